The number of morpholine rings is 1. The van der Waals surface area contributed by atoms with Crippen LogP contribution in [0.3, 0.4) is 0 Å². The Morgan fingerprint density at radius 2 is 2.38 bits per heavy atom. The lowest BCUT2D eigenvalue weighted by Crippen LogP contribution is -2.52. The average Bonchev–Trinajstić information content (AvgIpc) is 2.96. The van der Waals surface area contributed by atoms with Gasteiger partial charge in [-0.05, 0) is 32.7 Å². The van der Waals surface area contributed by atoms with Gasteiger partial charge in [0.25, 0.3) is 0 Å². The molecule has 0 bridgehead atoms. The Bertz CT molecular complexity index is 327. The maximum Gasteiger partial charge on any atom is 0.236 e. The zero-order valence-electron chi connectivity index (χ0n) is 13.3. The lowest BCUT2D eigenvalue weighted by molar-refractivity contribution is -0.123. The Hall–Kier alpha value is -0.690. The number of methoxy groups -OCH3 is 1. The molecule has 0 aromatic heterocycles. The van der Waals surface area contributed by atoms with Gasteiger partial charge in [-0.3, -0.25) is 9.69 Å². The van der Waals surface area contributed by atoms with Gasteiger partial charge in [-0.2, -0.15) is 0 Å². The number of nitrogens with zero attached hydrogens (tertiary/aromatic N) is 1. The number of fused-ring (bicyclic) bond motifs is 1. The molecule has 122 valence electrons. The van der Waals surface area contributed by atoms with Crippen molar-refractivity contribution < 1.29 is 14.3 Å². The SMILES string of the molecule is COCCCNC(=O)C(C)NCC1CN2CCCC2CO1. The molecule has 2 fully saturated rings. The predicted molar refractivity (Wildman–Crippen MR) is 81.3 cm³/mol. The molecule has 2 aliphatic rings. The predicted octanol–water partition coefficient (Wildman–Crippen LogP) is -0.0196. The molecule has 3 unspecified atom stereocenters. The number of nitrogens with one attached hydrogen (secondary N) is 2. The number of rotatable bonds is 8. The molecule has 6 heteroatoms. The summed E-state index contributed by atoms with van der Waals surface area (Å²) in [6.45, 7) is 6.98. The van der Waals surface area contributed by atoms with E-state index in [0.29, 0.717) is 19.2 Å². The first-order chi connectivity index (χ1) is 10.2. The van der Waals surface area contributed by atoms with Crippen molar-refractivity contribution >= 4 is 5.91 Å². The largest absolute Gasteiger partial charge is 0.385 e. The number of carbonyl (C=O) groups is 1. The second-order valence-electron chi connectivity index (χ2n) is 6.01. The van der Waals surface area contributed by atoms with E-state index < -0.39 is 0 Å². The Morgan fingerprint density at radius 3 is 3.19 bits per heavy atom. The molecule has 2 rings (SSSR count). The average molecular weight is 299 g/mol. The topological polar surface area (TPSA) is 62.8 Å². The Labute approximate surface area is 127 Å². The van der Waals surface area contributed by atoms with Crippen molar-refractivity contribution in [3.63, 3.8) is 0 Å². The summed E-state index contributed by atoms with van der Waals surface area (Å²) < 4.78 is 10.8. The highest BCUT2D eigenvalue weighted by atomic mass is 16.5. The van der Waals surface area contributed by atoms with Gasteiger partial charge >= 0.3 is 0 Å². The normalized spacial score (nSPS) is 27.3. The summed E-state index contributed by atoms with van der Waals surface area (Å²) >= 11 is 0. The second kappa shape index (κ2) is 8.68. The van der Waals surface area contributed by atoms with Crippen molar-refractivity contribution in [2.24, 2.45) is 0 Å². The Balaban J connectivity index is 1.59. The fourth-order valence-corrected chi connectivity index (χ4v) is 2.99. The molecule has 0 aromatic rings. The molecule has 3 atom stereocenters. The van der Waals surface area contributed by atoms with E-state index >= 15 is 0 Å². The van der Waals surface area contributed by atoms with Crippen molar-refractivity contribution in [3.8, 4) is 0 Å². The highest BCUT2D eigenvalue weighted by molar-refractivity contribution is 5.81. The highest BCUT2D eigenvalue weighted by Crippen LogP contribution is 2.22. The van der Waals surface area contributed by atoms with Crippen LogP contribution in [0.25, 0.3) is 0 Å². The van der Waals surface area contributed by atoms with E-state index in [-0.39, 0.29) is 18.1 Å². The van der Waals surface area contributed by atoms with Crippen LogP contribution in [0, 0.1) is 0 Å². The van der Waals surface area contributed by atoms with Crippen LogP contribution in [0.4, 0.5) is 0 Å². The van der Waals surface area contributed by atoms with Gasteiger partial charge < -0.3 is 20.1 Å². The summed E-state index contributed by atoms with van der Waals surface area (Å²) in [5.41, 5.74) is 0. The van der Waals surface area contributed by atoms with E-state index in [2.05, 4.69) is 15.5 Å². The lowest BCUT2D eigenvalue weighted by Gasteiger charge is -2.35. The van der Waals surface area contributed by atoms with Crippen LogP contribution in [0.5, 0.6) is 0 Å². The second-order valence-corrected chi connectivity index (χ2v) is 6.01. The van der Waals surface area contributed by atoms with Crippen molar-refractivity contribution in [1.82, 2.24) is 15.5 Å². The van der Waals surface area contributed by atoms with Gasteiger partial charge in [0.2, 0.25) is 5.91 Å². The smallest absolute Gasteiger partial charge is 0.236 e. The van der Waals surface area contributed by atoms with Crippen LogP contribution in [-0.2, 0) is 14.3 Å². The van der Waals surface area contributed by atoms with Crippen molar-refractivity contribution in [1.29, 1.82) is 0 Å². The zero-order valence-corrected chi connectivity index (χ0v) is 13.3. The molecule has 0 spiro atoms. The zero-order chi connectivity index (χ0) is 15.1. The van der Waals surface area contributed by atoms with E-state index in [1.807, 2.05) is 6.92 Å². The Kier molecular flexibility index (Phi) is 6.89. The van der Waals surface area contributed by atoms with Gasteiger partial charge in [0, 0.05) is 39.4 Å². The first-order valence-corrected chi connectivity index (χ1v) is 8.06. The van der Waals surface area contributed by atoms with Gasteiger partial charge in [-0.1, -0.05) is 0 Å². The van der Waals surface area contributed by atoms with E-state index in [4.69, 9.17) is 9.47 Å². The molecule has 0 saturated carbocycles. The first-order valence-electron chi connectivity index (χ1n) is 8.06. The number of carbonyl (C=O) groups excluding carboxylic acids is 1. The third-order valence-corrected chi connectivity index (χ3v) is 4.33. The number of hydrogen-bond acceptors (Lipinski definition) is 5. The number of ether oxygens (including phenoxy) is 2. The van der Waals surface area contributed by atoms with Crippen molar-refractivity contribution in [3.05, 3.63) is 0 Å². The molecular formula is C15H29N3O3. The van der Waals surface area contributed by atoms with Crippen LogP contribution in [0.1, 0.15) is 26.2 Å². The minimum Gasteiger partial charge on any atom is -0.385 e. The third-order valence-electron chi connectivity index (χ3n) is 4.33. The molecule has 0 radical (unpaired) electrons. The molecule has 2 heterocycles. The molecule has 1 amide bonds. The number of hydrogen-bond donors (Lipinski definition) is 2. The fourth-order valence-electron chi connectivity index (χ4n) is 2.99. The molecule has 2 aliphatic heterocycles. The number of amides is 1. The summed E-state index contributed by atoms with van der Waals surface area (Å²) in [6, 6.07) is 0.440. The van der Waals surface area contributed by atoms with Crippen molar-refractivity contribution in [2.75, 3.05) is 46.5 Å². The maximum absolute atomic E-state index is 11.9. The van der Waals surface area contributed by atoms with Gasteiger partial charge in [0.1, 0.15) is 0 Å². The Morgan fingerprint density at radius 1 is 1.52 bits per heavy atom. The molecule has 0 aromatic carbocycles. The molecular weight excluding hydrogens is 270 g/mol. The molecule has 0 aliphatic carbocycles. The third kappa shape index (κ3) is 5.21. The lowest BCUT2D eigenvalue weighted by atomic mass is 10.2. The molecule has 21 heavy (non-hydrogen) atoms. The summed E-state index contributed by atoms with van der Waals surface area (Å²) in [7, 11) is 1.67. The molecule has 2 N–H and O–H groups in total. The van der Waals surface area contributed by atoms with Gasteiger partial charge in [0.05, 0.1) is 18.8 Å². The van der Waals surface area contributed by atoms with Crippen LogP contribution in [-0.4, -0.2) is 75.5 Å². The molecule has 6 nitrogen and oxygen atoms in total. The van der Waals surface area contributed by atoms with Crippen molar-refractivity contribution in [2.45, 2.75) is 44.4 Å². The van der Waals surface area contributed by atoms with E-state index in [9.17, 15) is 4.79 Å². The standard InChI is InChI=1S/C15H29N3O3/c1-12(15(19)16-6-4-8-20-2)17-9-14-10-18-7-3-5-13(18)11-21-14/h12-14,17H,3-11H2,1-2H3,(H,16,19). The van der Waals surface area contributed by atoms with Gasteiger partial charge in [0.15, 0.2) is 0 Å². The monoisotopic (exact) mass is 299 g/mol. The van der Waals surface area contributed by atoms with E-state index in [1.165, 1.54) is 19.4 Å². The van der Waals surface area contributed by atoms with E-state index in [0.717, 1.165) is 26.1 Å². The maximum atomic E-state index is 11.9. The summed E-state index contributed by atoms with van der Waals surface area (Å²) in [4.78, 5) is 14.4. The van der Waals surface area contributed by atoms with Crippen LogP contribution < -0.4 is 10.6 Å². The minimum atomic E-state index is -0.188. The fraction of sp³-hybridized carbons (Fsp3) is 0.933. The van der Waals surface area contributed by atoms with Gasteiger partial charge in [-0.25, -0.2) is 0 Å². The quantitative estimate of drug-likeness (QED) is 0.617. The van der Waals surface area contributed by atoms with Crippen LogP contribution >= 0.6 is 0 Å². The highest BCUT2D eigenvalue weighted by Gasteiger charge is 2.32. The minimum absolute atomic E-state index is 0.0426. The van der Waals surface area contributed by atoms with E-state index in [1.54, 1.807) is 7.11 Å². The summed E-state index contributed by atoms with van der Waals surface area (Å²) in [5, 5.41) is 6.19. The van der Waals surface area contributed by atoms with Crippen LogP contribution in [0.15, 0.2) is 0 Å². The summed E-state index contributed by atoms with van der Waals surface area (Å²) in [5.74, 6) is 0.0426. The van der Waals surface area contributed by atoms with Crippen LogP contribution in [0.2, 0.25) is 0 Å². The molecule has 2 saturated heterocycles. The van der Waals surface area contributed by atoms with Gasteiger partial charge in [-0.15, -0.1) is 0 Å². The summed E-state index contributed by atoms with van der Waals surface area (Å²) in [6.07, 6.45) is 3.59. The first kappa shape index (κ1) is 16.7.